The highest BCUT2D eigenvalue weighted by Gasteiger charge is 2.15. The fourth-order valence-corrected chi connectivity index (χ4v) is 2.96. The monoisotopic (exact) mass is 261 g/mol. The fourth-order valence-electron chi connectivity index (χ4n) is 2.96. The maximum atomic E-state index is 11.2. The highest BCUT2D eigenvalue weighted by atomic mass is 16.5. The van der Waals surface area contributed by atoms with Gasteiger partial charge in [0.05, 0.1) is 7.11 Å². The molecule has 0 bridgehead atoms. The largest absolute Gasteiger partial charge is 0.496 e. The number of benzene rings is 1. The van der Waals surface area contributed by atoms with Crippen molar-refractivity contribution in [1.82, 2.24) is 0 Å². The molecule has 0 saturated heterocycles. The third kappa shape index (κ3) is 3.72. The molecule has 1 aromatic rings. The number of primary amides is 1. The lowest BCUT2D eigenvalue weighted by atomic mass is 9.85. The normalized spacial score (nSPS) is 16.3. The van der Waals surface area contributed by atoms with Crippen molar-refractivity contribution in [1.29, 1.82) is 0 Å². The van der Waals surface area contributed by atoms with Gasteiger partial charge in [-0.1, -0.05) is 32.1 Å². The van der Waals surface area contributed by atoms with Gasteiger partial charge in [0.25, 0.3) is 0 Å². The molecule has 1 amide bonds. The molecule has 0 unspecified atom stereocenters. The average molecular weight is 261 g/mol. The Morgan fingerprint density at radius 2 is 2.05 bits per heavy atom. The molecular weight excluding hydrogens is 238 g/mol. The van der Waals surface area contributed by atoms with E-state index < -0.39 is 0 Å². The number of rotatable bonds is 5. The molecule has 2 N–H and O–H groups in total. The van der Waals surface area contributed by atoms with E-state index in [1.165, 1.54) is 38.5 Å². The number of ether oxygens (including phenoxy) is 1. The van der Waals surface area contributed by atoms with Gasteiger partial charge < -0.3 is 10.5 Å². The van der Waals surface area contributed by atoms with Crippen LogP contribution in [0.2, 0.25) is 0 Å². The number of amides is 1. The molecule has 2 rings (SSSR count). The van der Waals surface area contributed by atoms with E-state index >= 15 is 0 Å². The lowest BCUT2D eigenvalue weighted by Crippen LogP contribution is -2.12. The van der Waals surface area contributed by atoms with E-state index in [4.69, 9.17) is 10.5 Å². The van der Waals surface area contributed by atoms with Gasteiger partial charge in [-0.2, -0.15) is 0 Å². The van der Waals surface area contributed by atoms with Crippen molar-refractivity contribution in [2.75, 3.05) is 7.11 Å². The molecule has 1 aliphatic carbocycles. The molecule has 0 aromatic heterocycles. The lowest BCUT2D eigenvalue weighted by molar-refractivity contribution is 0.1000. The molecule has 1 aromatic carbocycles. The molecule has 0 spiro atoms. The zero-order chi connectivity index (χ0) is 13.7. The topological polar surface area (TPSA) is 52.3 Å². The number of carbonyl (C=O) groups is 1. The highest BCUT2D eigenvalue weighted by Crippen LogP contribution is 2.29. The Morgan fingerprint density at radius 1 is 1.32 bits per heavy atom. The molecule has 19 heavy (non-hydrogen) atoms. The van der Waals surface area contributed by atoms with Crippen molar-refractivity contribution in [3.05, 3.63) is 29.3 Å². The summed E-state index contributed by atoms with van der Waals surface area (Å²) < 4.78 is 5.37. The zero-order valence-corrected chi connectivity index (χ0v) is 11.7. The SMILES string of the molecule is COc1ccc(C(N)=O)cc1CCC1CCCCC1. The first-order valence-corrected chi connectivity index (χ1v) is 7.17. The van der Waals surface area contributed by atoms with Crippen LogP contribution in [0, 0.1) is 5.92 Å². The van der Waals surface area contributed by atoms with Crippen LogP contribution in [0.15, 0.2) is 18.2 Å². The summed E-state index contributed by atoms with van der Waals surface area (Å²) >= 11 is 0. The minimum absolute atomic E-state index is 0.374. The van der Waals surface area contributed by atoms with Crippen molar-refractivity contribution in [3.63, 3.8) is 0 Å². The Labute approximate surface area is 115 Å². The Kier molecular flexibility index (Phi) is 4.83. The van der Waals surface area contributed by atoms with Crippen LogP contribution in [0.5, 0.6) is 5.75 Å². The molecule has 1 fully saturated rings. The smallest absolute Gasteiger partial charge is 0.248 e. The van der Waals surface area contributed by atoms with Gasteiger partial charge in [0.15, 0.2) is 0 Å². The number of carbonyl (C=O) groups excluding carboxylic acids is 1. The maximum absolute atomic E-state index is 11.2. The van der Waals surface area contributed by atoms with Crippen molar-refractivity contribution >= 4 is 5.91 Å². The van der Waals surface area contributed by atoms with Gasteiger partial charge in [-0.15, -0.1) is 0 Å². The van der Waals surface area contributed by atoms with E-state index in [1.807, 2.05) is 12.1 Å². The summed E-state index contributed by atoms with van der Waals surface area (Å²) in [5, 5.41) is 0. The van der Waals surface area contributed by atoms with Gasteiger partial charge in [-0.05, 0) is 42.5 Å². The van der Waals surface area contributed by atoms with Gasteiger partial charge in [0.2, 0.25) is 5.91 Å². The molecule has 3 nitrogen and oxygen atoms in total. The molecule has 0 radical (unpaired) electrons. The molecule has 104 valence electrons. The summed E-state index contributed by atoms with van der Waals surface area (Å²) in [5.74, 6) is 1.32. The average Bonchev–Trinajstić information content (AvgIpc) is 2.45. The van der Waals surface area contributed by atoms with Crippen molar-refractivity contribution in [3.8, 4) is 5.75 Å². The van der Waals surface area contributed by atoms with Gasteiger partial charge in [0, 0.05) is 5.56 Å². The van der Waals surface area contributed by atoms with Crippen LogP contribution in [-0.4, -0.2) is 13.0 Å². The Morgan fingerprint density at radius 3 is 2.68 bits per heavy atom. The third-order valence-corrected chi connectivity index (χ3v) is 4.11. The second-order valence-corrected chi connectivity index (χ2v) is 5.43. The first-order valence-electron chi connectivity index (χ1n) is 7.17. The number of aryl methyl sites for hydroxylation is 1. The fraction of sp³-hybridized carbons (Fsp3) is 0.562. The first-order chi connectivity index (χ1) is 9.20. The Bertz CT molecular complexity index is 436. The molecule has 0 heterocycles. The van der Waals surface area contributed by atoms with Crippen LogP contribution >= 0.6 is 0 Å². The summed E-state index contributed by atoms with van der Waals surface area (Å²) in [6.45, 7) is 0. The quantitative estimate of drug-likeness (QED) is 0.884. The summed E-state index contributed by atoms with van der Waals surface area (Å²) in [6.07, 6.45) is 8.95. The predicted octanol–water partition coefficient (Wildman–Crippen LogP) is 3.31. The summed E-state index contributed by atoms with van der Waals surface area (Å²) in [5.41, 5.74) is 7.00. The van der Waals surface area contributed by atoms with Crippen LogP contribution in [0.4, 0.5) is 0 Å². The predicted molar refractivity (Wildman–Crippen MR) is 76.4 cm³/mol. The van der Waals surface area contributed by atoms with E-state index in [0.29, 0.717) is 5.56 Å². The van der Waals surface area contributed by atoms with Crippen molar-refractivity contribution in [2.45, 2.75) is 44.9 Å². The van der Waals surface area contributed by atoms with E-state index in [1.54, 1.807) is 13.2 Å². The second-order valence-electron chi connectivity index (χ2n) is 5.43. The number of methoxy groups -OCH3 is 1. The van der Waals surface area contributed by atoms with E-state index in [-0.39, 0.29) is 5.91 Å². The van der Waals surface area contributed by atoms with Gasteiger partial charge in [0.1, 0.15) is 5.75 Å². The minimum Gasteiger partial charge on any atom is -0.496 e. The first kappa shape index (κ1) is 13.9. The Balaban J connectivity index is 2.04. The Hall–Kier alpha value is -1.51. The van der Waals surface area contributed by atoms with Gasteiger partial charge in [-0.3, -0.25) is 4.79 Å². The molecule has 0 aliphatic heterocycles. The van der Waals surface area contributed by atoms with E-state index in [0.717, 1.165) is 23.7 Å². The molecule has 1 aliphatic rings. The minimum atomic E-state index is -0.374. The van der Waals surface area contributed by atoms with Crippen LogP contribution in [0.25, 0.3) is 0 Å². The molecular formula is C16H23NO2. The van der Waals surface area contributed by atoms with Crippen molar-refractivity contribution < 1.29 is 9.53 Å². The zero-order valence-electron chi connectivity index (χ0n) is 11.7. The second kappa shape index (κ2) is 6.60. The van der Waals surface area contributed by atoms with E-state index in [9.17, 15) is 4.79 Å². The van der Waals surface area contributed by atoms with Crippen LogP contribution in [-0.2, 0) is 6.42 Å². The standard InChI is InChI=1S/C16H23NO2/c1-19-15-10-9-14(16(17)18)11-13(15)8-7-12-5-3-2-4-6-12/h9-12H,2-8H2,1H3,(H2,17,18). The summed E-state index contributed by atoms with van der Waals surface area (Å²) in [6, 6.07) is 5.45. The number of hydrogen-bond acceptors (Lipinski definition) is 2. The highest BCUT2D eigenvalue weighted by molar-refractivity contribution is 5.93. The van der Waals surface area contributed by atoms with Crippen LogP contribution in [0.1, 0.15) is 54.4 Å². The van der Waals surface area contributed by atoms with Gasteiger partial charge in [-0.25, -0.2) is 0 Å². The molecule has 0 atom stereocenters. The summed E-state index contributed by atoms with van der Waals surface area (Å²) in [4.78, 5) is 11.2. The van der Waals surface area contributed by atoms with Gasteiger partial charge >= 0.3 is 0 Å². The van der Waals surface area contributed by atoms with Crippen LogP contribution in [0.3, 0.4) is 0 Å². The molecule has 3 heteroatoms. The lowest BCUT2D eigenvalue weighted by Gasteiger charge is -2.21. The van der Waals surface area contributed by atoms with Crippen molar-refractivity contribution in [2.24, 2.45) is 11.7 Å². The van der Waals surface area contributed by atoms with Crippen LogP contribution < -0.4 is 10.5 Å². The maximum Gasteiger partial charge on any atom is 0.248 e. The van der Waals surface area contributed by atoms with E-state index in [2.05, 4.69) is 0 Å². The summed E-state index contributed by atoms with van der Waals surface area (Å²) in [7, 11) is 1.67. The third-order valence-electron chi connectivity index (χ3n) is 4.11. The number of hydrogen-bond donors (Lipinski definition) is 1. The number of nitrogens with two attached hydrogens (primary N) is 1. The molecule has 1 saturated carbocycles.